The van der Waals surface area contributed by atoms with Crippen LogP contribution in [0.5, 0.6) is 0 Å². The molecule has 1 N–H and O–H groups in total. The molecule has 2 amide bonds. The number of hydrogen-bond donors (Lipinski definition) is 1. The van der Waals surface area contributed by atoms with Crippen molar-refractivity contribution in [1.82, 2.24) is 10.2 Å². The Morgan fingerprint density at radius 3 is 2.40 bits per heavy atom. The second-order valence-electron chi connectivity index (χ2n) is 5.73. The molecule has 4 nitrogen and oxygen atoms in total. The zero-order valence-corrected chi connectivity index (χ0v) is 11.7. The van der Waals surface area contributed by atoms with Crippen molar-refractivity contribution in [1.29, 1.82) is 0 Å². The van der Waals surface area contributed by atoms with Crippen LogP contribution in [0.25, 0.3) is 0 Å². The fraction of sp³-hybridized carbons (Fsp3) is 0.500. The van der Waals surface area contributed by atoms with Crippen LogP contribution in [0.3, 0.4) is 0 Å². The lowest BCUT2D eigenvalue weighted by molar-refractivity contribution is -0.152. The minimum Gasteiger partial charge on any atom is -0.342 e. The molecule has 1 aromatic rings. The summed E-state index contributed by atoms with van der Waals surface area (Å²) in [5.74, 6) is -0.0134. The van der Waals surface area contributed by atoms with E-state index in [1.165, 1.54) is 0 Å². The molecule has 4 heteroatoms. The molecule has 20 heavy (non-hydrogen) atoms. The first kappa shape index (κ1) is 13.2. The van der Waals surface area contributed by atoms with Crippen molar-refractivity contribution in [3.05, 3.63) is 35.9 Å². The van der Waals surface area contributed by atoms with Gasteiger partial charge in [-0.05, 0) is 25.3 Å². The number of amides is 2. The molecule has 1 saturated carbocycles. The van der Waals surface area contributed by atoms with Gasteiger partial charge >= 0.3 is 0 Å². The average molecular weight is 272 g/mol. The van der Waals surface area contributed by atoms with Gasteiger partial charge in [-0.15, -0.1) is 0 Å². The molecule has 1 saturated heterocycles. The quantitative estimate of drug-likeness (QED) is 0.895. The van der Waals surface area contributed by atoms with Gasteiger partial charge in [0.2, 0.25) is 11.8 Å². The van der Waals surface area contributed by atoms with Crippen molar-refractivity contribution < 1.29 is 9.59 Å². The van der Waals surface area contributed by atoms with Gasteiger partial charge in [-0.3, -0.25) is 9.59 Å². The molecule has 2 unspecified atom stereocenters. The van der Waals surface area contributed by atoms with E-state index in [4.69, 9.17) is 0 Å². The molecule has 3 rings (SSSR count). The number of carbonyl (C=O) groups excluding carboxylic acids is 2. The minimum absolute atomic E-state index is 0.0466. The first-order chi connectivity index (χ1) is 9.68. The van der Waals surface area contributed by atoms with E-state index in [9.17, 15) is 9.59 Å². The molecule has 1 aliphatic carbocycles. The zero-order chi connectivity index (χ0) is 14.1. The summed E-state index contributed by atoms with van der Waals surface area (Å²) in [5.41, 5.74) is 0.900. The molecule has 106 valence electrons. The first-order valence-electron chi connectivity index (χ1n) is 7.36. The number of piperazine rings is 1. The third-order valence-corrected chi connectivity index (χ3v) is 4.34. The van der Waals surface area contributed by atoms with Gasteiger partial charge in [0.05, 0.1) is 0 Å². The summed E-state index contributed by atoms with van der Waals surface area (Å²) in [5, 5.41) is 2.80. The number of benzene rings is 1. The highest BCUT2D eigenvalue weighted by molar-refractivity contribution is 5.97. The standard InChI is InChI=1S/C16H20N2O2/c1-11-16(20)18(13-9-5-6-10-13)14(15(19)17-11)12-7-3-2-4-8-12/h2-4,7-8,11,13-14H,5-6,9-10H2,1H3,(H,17,19). The van der Waals surface area contributed by atoms with Crippen LogP contribution < -0.4 is 5.32 Å². The summed E-state index contributed by atoms with van der Waals surface area (Å²) in [7, 11) is 0. The molecular weight excluding hydrogens is 252 g/mol. The van der Waals surface area contributed by atoms with E-state index in [0.717, 1.165) is 31.2 Å². The Labute approximate surface area is 119 Å². The van der Waals surface area contributed by atoms with Gasteiger partial charge in [0.15, 0.2) is 0 Å². The van der Waals surface area contributed by atoms with E-state index < -0.39 is 12.1 Å². The highest BCUT2D eigenvalue weighted by Crippen LogP contribution is 2.33. The molecular formula is C16H20N2O2. The number of hydrogen-bond acceptors (Lipinski definition) is 2. The molecule has 0 aromatic heterocycles. The van der Waals surface area contributed by atoms with Crippen molar-refractivity contribution in [3.63, 3.8) is 0 Å². The summed E-state index contributed by atoms with van der Waals surface area (Å²) in [4.78, 5) is 26.8. The SMILES string of the molecule is CC1NC(=O)C(c2ccccc2)N(C2CCCC2)C1=O. The van der Waals surface area contributed by atoms with Crippen LogP contribution in [0.4, 0.5) is 0 Å². The molecule has 2 fully saturated rings. The lowest BCUT2D eigenvalue weighted by atomic mass is 9.97. The number of nitrogens with one attached hydrogen (secondary N) is 1. The smallest absolute Gasteiger partial charge is 0.248 e. The van der Waals surface area contributed by atoms with Crippen molar-refractivity contribution in [2.75, 3.05) is 0 Å². The van der Waals surface area contributed by atoms with Gasteiger partial charge in [0.1, 0.15) is 12.1 Å². The van der Waals surface area contributed by atoms with Gasteiger partial charge in [0, 0.05) is 6.04 Å². The topological polar surface area (TPSA) is 49.4 Å². The first-order valence-corrected chi connectivity index (χ1v) is 7.36. The lowest BCUT2D eigenvalue weighted by Crippen LogP contribution is -2.60. The van der Waals surface area contributed by atoms with Crippen LogP contribution in [-0.4, -0.2) is 28.8 Å². The Morgan fingerprint density at radius 2 is 1.75 bits per heavy atom. The molecule has 1 heterocycles. The third-order valence-electron chi connectivity index (χ3n) is 4.34. The van der Waals surface area contributed by atoms with Gasteiger partial charge in [0.25, 0.3) is 0 Å². The number of carbonyl (C=O) groups is 2. The minimum atomic E-state index is -0.469. The van der Waals surface area contributed by atoms with Crippen LogP contribution in [0.1, 0.15) is 44.2 Å². The lowest BCUT2D eigenvalue weighted by Gasteiger charge is -2.41. The molecule has 2 atom stereocenters. The largest absolute Gasteiger partial charge is 0.342 e. The monoisotopic (exact) mass is 272 g/mol. The molecule has 0 bridgehead atoms. The predicted molar refractivity (Wildman–Crippen MR) is 75.9 cm³/mol. The molecule has 2 aliphatic rings. The highest BCUT2D eigenvalue weighted by atomic mass is 16.2. The summed E-state index contributed by atoms with van der Waals surface area (Å²) >= 11 is 0. The van der Waals surface area contributed by atoms with E-state index in [2.05, 4.69) is 5.32 Å². The van der Waals surface area contributed by atoms with Crippen LogP contribution >= 0.6 is 0 Å². The van der Waals surface area contributed by atoms with Crippen molar-refractivity contribution in [3.8, 4) is 0 Å². The third kappa shape index (κ3) is 2.19. The second kappa shape index (κ2) is 5.27. The Hall–Kier alpha value is -1.84. The van der Waals surface area contributed by atoms with Crippen LogP contribution in [0.15, 0.2) is 30.3 Å². The summed E-state index contributed by atoms with van der Waals surface area (Å²) in [6.07, 6.45) is 4.31. The fourth-order valence-electron chi connectivity index (χ4n) is 3.35. The molecule has 0 radical (unpaired) electrons. The summed E-state index contributed by atoms with van der Waals surface area (Å²) < 4.78 is 0. The Balaban J connectivity index is 1.98. The molecule has 1 aliphatic heterocycles. The molecule has 1 aromatic carbocycles. The van der Waals surface area contributed by atoms with E-state index in [1.54, 1.807) is 6.92 Å². The fourth-order valence-corrected chi connectivity index (χ4v) is 3.35. The second-order valence-corrected chi connectivity index (χ2v) is 5.73. The highest BCUT2D eigenvalue weighted by Gasteiger charge is 2.43. The van der Waals surface area contributed by atoms with Gasteiger partial charge < -0.3 is 10.2 Å². The van der Waals surface area contributed by atoms with Crippen molar-refractivity contribution in [2.45, 2.75) is 50.7 Å². The Kier molecular flexibility index (Phi) is 3.47. The van der Waals surface area contributed by atoms with Crippen LogP contribution in [0, 0.1) is 0 Å². The van der Waals surface area contributed by atoms with E-state index in [0.29, 0.717) is 0 Å². The zero-order valence-electron chi connectivity index (χ0n) is 11.7. The maximum absolute atomic E-state index is 12.6. The van der Waals surface area contributed by atoms with Crippen LogP contribution in [0.2, 0.25) is 0 Å². The number of nitrogens with zero attached hydrogens (tertiary/aromatic N) is 1. The predicted octanol–water partition coefficient (Wildman–Crippen LogP) is 2.02. The summed E-state index contributed by atoms with van der Waals surface area (Å²) in [6.45, 7) is 1.77. The molecule has 0 spiro atoms. The maximum Gasteiger partial charge on any atom is 0.248 e. The van der Waals surface area contributed by atoms with E-state index >= 15 is 0 Å². The summed E-state index contributed by atoms with van der Waals surface area (Å²) in [6, 6.07) is 8.93. The van der Waals surface area contributed by atoms with Crippen molar-refractivity contribution in [2.24, 2.45) is 0 Å². The number of rotatable bonds is 2. The van der Waals surface area contributed by atoms with E-state index in [-0.39, 0.29) is 17.9 Å². The van der Waals surface area contributed by atoms with Gasteiger partial charge in [-0.25, -0.2) is 0 Å². The Bertz CT molecular complexity index is 508. The average Bonchev–Trinajstić information content (AvgIpc) is 2.97. The van der Waals surface area contributed by atoms with Gasteiger partial charge in [-0.1, -0.05) is 43.2 Å². The van der Waals surface area contributed by atoms with Gasteiger partial charge in [-0.2, -0.15) is 0 Å². The maximum atomic E-state index is 12.6. The van der Waals surface area contributed by atoms with Crippen molar-refractivity contribution >= 4 is 11.8 Å². The normalized spacial score (nSPS) is 27.8. The van der Waals surface area contributed by atoms with E-state index in [1.807, 2.05) is 35.2 Å². The van der Waals surface area contributed by atoms with Crippen LogP contribution in [-0.2, 0) is 9.59 Å². The Morgan fingerprint density at radius 1 is 1.10 bits per heavy atom.